The van der Waals surface area contributed by atoms with E-state index in [9.17, 15) is 38.1 Å². The number of nitrogens with zero attached hydrogens (tertiary/aromatic N) is 3. The van der Waals surface area contributed by atoms with Crippen LogP contribution in [0.1, 0.15) is 11.1 Å². The van der Waals surface area contributed by atoms with E-state index in [1.54, 1.807) is 24.3 Å². The number of aliphatic hydroxyl groups is 3. The quantitative estimate of drug-likeness (QED) is 0.234. The molecule has 0 spiro atoms. The maximum absolute atomic E-state index is 12.7. The van der Waals surface area contributed by atoms with Gasteiger partial charge in [-0.1, -0.05) is 12.1 Å². The van der Waals surface area contributed by atoms with Gasteiger partial charge in [0.2, 0.25) is 0 Å². The molecule has 5 atom stereocenters. The lowest BCUT2D eigenvalue weighted by Gasteiger charge is -2.38. The third-order valence-electron chi connectivity index (χ3n) is 6.02. The summed E-state index contributed by atoms with van der Waals surface area (Å²) in [4.78, 5) is 23.9. The number of carbonyl (C=O) groups is 1. The molecule has 12 nitrogen and oxygen atoms in total. The van der Waals surface area contributed by atoms with Gasteiger partial charge in [0.25, 0.3) is 0 Å². The van der Waals surface area contributed by atoms with Gasteiger partial charge in [0.15, 0.2) is 12.4 Å². The van der Waals surface area contributed by atoms with Gasteiger partial charge in [0.1, 0.15) is 24.6 Å². The van der Waals surface area contributed by atoms with Gasteiger partial charge in [0, 0.05) is 12.2 Å². The molecule has 0 unspecified atom stereocenters. The molecule has 2 heterocycles. The number of carboxylic acids is 1. The van der Waals surface area contributed by atoms with Crippen molar-refractivity contribution >= 4 is 11.7 Å². The van der Waals surface area contributed by atoms with E-state index in [-0.39, 0.29) is 19.7 Å². The van der Waals surface area contributed by atoms with Crippen LogP contribution in [0.4, 0.5) is 18.9 Å². The van der Waals surface area contributed by atoms with Crippen molar-refractivity contribution in [2.24, 2.45) is 0 Å². The Kier molecular flexibility index (Phi) is 8.36. The van der Waals surface area contributed by atoms with Crippen molar-refractivity contribution < 1.29 is 47.9 Å². The van der Waals surface area contributed by atoms with E-state index in [2.05, 4.69) is 10.4 Å². The Labute approximate surface area is 218 Å². The predicted molar refractivity (Wildman–Crippen MR) is 127 cm³/mol. The van der Waals surface area contributed by atoms with Gasteiger partial charge in [0.05, 0.1) is 24.4 Å². The maximum Gasteiger partial charge on any atom is 0.416 e. The molecule has 1 aliphatic rings. The summed E-state index contributed by atoms with van der Waals surface area (Å²) in [6.45, 7) is 0.147. The van der Waals surface area contributed by atoms with Crippen molar-refractivity contribution in [2.75, 3.05) is 18.5 Å². The zero-order valence-corrected chi connectivity index (χ0v) is 20.1. The molecule has 1 aromatic heterocycles. The number of aliphatic carboxylic acids is 1. The number of hydrogen-bond donors (Lipinski definition) is 5. The Morgan fingerprint density at radius 1 is 1.03 bits per heavy atom. The molecule has 210 valence electrons. The predicted octanol–water partition coefficient (Wildman–Crippen LogP) is 0.422. The lowest BCUT2D eigenvalue weighted by Crippen LogP contribution is -2.60. The summed E-state index contributed by atoms with van der Waals surface area (Å²) >= 11 is 0. The Bertz CT molecular complexity index is 1330. The highest BCUT2D eigenvalue weighted by molar-refractivity contribution is 5.73. The Balaban J connectivity index is 1.30. The zero-order valence-electron chi connectivity index (χ0n) is 20.1. The van der Waals surface area contributed by atoms with Crippen LogP contribution in [0.5, 0.6) is 0 Å². The number of nitrogens with one attached hydrogen (secondary N) is 1. The number of anilines is 1. The number of rotatable bonds is 9. The van der Waals surface area contributed by atoms with E-state index in [0.717, 1.165) is 16.8 Å². The van der Waals surface area contributed by atoms with E-state index < -0.39 is 54.1 Å². The maximum atomic E-state index is 12.7. The molecule has 1 saturated heterocycles. The van der Waals surface area contributed by atoms with E-state index in [1.807, 2.05) is 0 Å². The third-order valence-corrected chi connectivity index (χ3v) is 6.02. The lowest BCUT2D eigenvalue weighted by molar-refractivity contribution is -0.293. The molecule has 1 aliphatic heterocycles. The number of aromatic nitrogens is 3. The molecule has 5 N–H and O–H groups in total. The van der Waals surface area contributed by atoms with Crippen molar-refractivity contribution in [3.8, 4) is 5.69 Å². The van der Waals surface area contributed by atoms with Gasteiger partial charge in [-0.2, -0.15) is 18.3 Å². The number of benzene rings is 2. The first-order valence-corrected chi connectivity index (χ1v) is 11.6. The van der Waals surface area contributed by atoms with Crippen LogP contribution in [0.3, 0.4) is 0 Å². The van der Waals surface area contributed by atoms with Crippen LogP contribution in [0.15, 0.2) is 59.7 Å². The first-order chi connectivity index (χ1) is 18.5. The van der Waals surface area contributed by atoms with Crippen LogP contribution in [-0.4, -0.2) is 84.6 Å². The van der Waals surface area contributed by atoms with Crippen molar-refractivity contribution in [2.45, 2.75) is 43.4 Å². The SMILES string of the molecule is O=C(O)[C@@H]1O[C@@H](OCCNc2ccc(-n3cnn(Cc4ccc(C(F)(F)F)cc4)c3=O)cc2)[C@@H](O)[C@H](O)[C@H]1O. The van der Waals surface area contributed by atoms with E-state index >= 15 is 0 Å². The summed E-state index contributed by atoms with van der Waals surface area (Å²) in [6.07, 6.45) is -11.6. The number of ether oxygens (including phenoxy) is 2. The average molecular weight is 554 g/mol. The van der Waals surface area contributed by atoms with Crippen LogP contribution in [-0.2, 0) is 27.0 Å². The Morgan fingerprint density at radius 2 is 1.69 bits per heavy atom. The highest BCUT2D eigenvalue weighted by Gasteiger charge is 2.47. The van der Waals surface area contributed by atoms with Crippen molar-refractivity contribution in [1.29, 1.82) is 0 Å². The van der Waals surface area contributed by atoms with Crippen LogP contribution < -0.4 is 11.0 Å². The number of halogens is 3. The zero-order chi connectivity index (χ0) is 28.3. The highest BCUT2D eigenvalue weighted by Crippen LogP contribution is 2.29. The molecule has 0 amide bonds. The summed E-state index contributed by atoms with van der Waals surface area (Å²) in [7, 11) is 0. The van der Waals surface area contributed by atoms with Gasteiger partial charge >= 0.3 is 17.8 Å². The van der Waals surface area contributed by atoms with E-state index in [4.69, 9.17) is 14.6 Å². The summed E-state index contributed by atoms with van der Waals surface area (Å²) in [5.74, 6) is -1.51. The molecular weight excluding hydrogens is 529 g/mol. The van der Waals surface area contributed by atoms with Crippen molar-refractivity contribution in [3.63, 3.8) is 0 Å². The number of carboxylic acid groups (broad SMARTS) is 1. The monoisotopic (exact) mass is 554 g/mol. The van der Waals surface area contributed by atoms with Gasteiger partial charge in [-0.05, 0) is 42.0 Å². The number of hydrogen-bond acceptors (Lipinski definition) is 9. The van der Waals surface area contributed by atoms with Crippen molar-refractivity contribution in [1.82, 2.24) is 14.3 Å². The number of alkyl halides is 3. The van der Waals surface area contributed by atoms with E-state index in [1.165, 1.54) is 23.0 Å². The molecular formula is C24H25F3N4O8. The summed E-state index contributed by atoms with van der Waals surface area (Å²) in [5, 5.41) is 45.6. The molecule has 0 saturated carbocycles. The third kappa shape index (κ3) is 6.46. The van der Waals surface area contributed by atoms with Crippen LogP contribution in [0.2, 0.25) is 0 Å². The Hall–Kier alpha value is -3.76. The Morgan fingerprint density at radius 3 is 2.31 bits per heavy atom. The summed E-state index contributed by atoms with van der Waals surface area (Å²) in [5.41, 5.74) is 0.340. The minimum Gasteiger partial charge on any atom is -0.479 e. The summed E-state index contributed by atoms with van der Waals surface area (Å²) in [6, 6.07) is 11.1. The molecule has 39 heavy (non-hydrogen) atoms. The van der Waals surface area contributed by atoms with Gasteiger partial charge in [-0.15, -0.1) is 0 Å². The first-order valence-electron chi connectivity index (χ1n) is 11.6. The molecule has 0 bridgehead atoms. The van der Waals surface area contributed by atoms with Crippen molar-refractivity contribution in [3.05, 3.63) is 76.5 Å². The second kappa shape index (κ2) is 11.5. The van der Waals surface area contributed by atoms with Gasteiger partial charge in [-0.25, -0.2) is 18.8 Å². The second-order valence-electron chi connectivity index (χ2n) is 8.72. The molecule has 2 aromatic carbocycles. The second-order valence-corrected chi connectivity index (χ2v) is 8.72. The van der Waals surface area contributed by atoms with E-state index in [0.29, 0.717) is 16.9 Å². The molecule has 15 heteroatoms. The fourth-order valence-electron chi connectivity index (χ4n) is 3.89. The van der Waals surface area contributed by atoms with Crippen LogP contribution in [0, 0.1) is 0 Å². The molecule has 0 aliphatic carbocycles. The fraction of sp³-hybridized carbons (Fsp3) is 0.375. The van der Waals surface area contributed by atoms with Crippen LogP contribution >= 0.6 is 0 Å². The largest absolute Gasteiger partial charge is 0.479 e. The summed E-state index contributed by atoms with van der Waals surface area (Å²) < 4.78 is 51.0. The smallest absolute Gasteiger partial charge is 0.416 e. The topological polar surface area (TPSA) is 168 Å². The minimum atomic E-state index is -4.45. The standard InChI is InChI=1S/C24H25F3N4O8/c25-24(26,27)14-3-1-13(2-4-14)11-31-23(37)30(12-29-31)16-7-5-15(6-8-16)28-9-10-38-22-19(34)17(32)18(33)20(39-22)21(35)36/h1-8,12,17-20,22,28,32-34H,9-11H2,(H,35,36)/t17-,18-,19+,20-,22-/m1/s1. The average Bonchev–Trinajstić information content (AvgIpc) is 3.26. The highest BCUT2D eigenvalue weighted by atomic mass is 19.4. The van der Waals surface area contributed by atoms with Crippen LogP contribution in [0.25, 0.3) is 5.69 Å². The molecule has 3 aromatic rings. The first kappa shape index (κ1) is 28.3. The minimum absolute atomic E-state index is 0.00772. The van der Waals surface area contributed by atoms with Gasteiger partial charge < -0.3 is 35.2 Å². The normalized spacial score (nSPS) is 23.5. The molecule has 4 rings (SSSR count). The molecule has 1 fully saturated rings. The lowest BCUT2D eigenvalue weighted by atomic mass is 9.99. The fourth-order valence-corrected chi connectivity index (χ4v) is 3.89. The molecule has 0 radical (unpaired) electrons. The number of aliphatic hydroxyl groups excluding tert-OH is 3. The van der Waals surface area contributed by atoms with Gasteiger partial charge in [-0.3, -0.25) is 0 Å².